The predicted octanol–water partition coefficient (Wildman–Crippen LogP) is 2.65. The van der Waals surface area contributed by atoms with E-state index in [1.165, 1.54) is 16.2 Å². The number of carbonyl (C=O) groups is 2. The fourth-order valence-corrected chi connectivity index (χ4v) is 2.43. The van der Waals surface area contributed by atoms with Crippen LogP contribution in [-0.2, 0) is 11.2 Å². The van der Waals surface area contributed by atoms with E-state index in [9.17, 15) is 9.59 Å². The molecule has 1 N–H and O–H groups in total. The third kappa shape index (κ3) is 3.20. The highest BCUT2D eigenvalue weighted by molar-refractivity contribution is 7.12. The van der Waals surface area contributed by atoms with E-state index in [1.54, 1.807) is 37.4 Å². The van der Waals surface area contributed by atoms with Gasteiger partial charge in [0.15, 0.2) is 0 Å². The second kappa shape index (κ2) is 5.67. The van der Waals surface area contributed by atoms with Crippen molar-refractivity contribution in [1.82, 2.24) is 0 Å². The van der Waals surface area contributed by atoms with E-state index >= 15 is 0 Å². The van der Waals surface area contributed by atoms with Gasteiger partial charge in [-0.05, 0) is 29.1 Å². The number of amides is 1. The third-order valence-electron chi connectivity index (χ3n) is 2.69. The maximum Gasteiger partial charge on any atom is 0.307 e. The van der Waals surface area contributed by atoms with Gasteiger partial charge in [0.1, 0.15) is 0 Å². The molecule has 0 spiro atoms. The maximum atomic E-state index is 12.2. The van der Waals surface area contributed by atoms with Crippen LogP contribution >= 0.6 is 11.3 Å². The Balaban J connectivity index is 2.21. The lowest BCUT2D eigenvalue weighted by molar-refractivity contribution is -0.136. The van der Waals surface area contributed by atoms with Crippen LogP contribution < -0.4 is 4.90 Å². The maximum absolute atomic E-state index is 12.2. The fourth-order valence-electron chi connectivity index (χ4n) is 1.73. The van der Waals surface area contributed by atoms with Crippen molar-refractivity contribution in [2.24, 2.45) is 0 Å². The number of hydrogen-bond acceptors (Lipinski definition) is 3. The number of hydrogen-bond donors (Lipinski definition) is 1. The van der Waals surface area contributed by atoms with E-state index < -0.39 is 5.97 Å². The minimum absolute atomic E-state index is 0.0468. The molecular weight excluding hydrogens is 262 g/mol. The first-order valence-electron chi connectivity index (χ1n) is 5.70. The molecule has 5 heteroatoms. The number of carboxylic acids is 1. The van der Waals surface area contributed by atoms with Crippen LogP contribution in [0, 0.1) is 0 Å². The van der Waals surface area contributed by atoms with E-state index in [1.807, 2.05) is 11.4 Å². The van der Waals surface area contributed by atoms with Gasteiger partial charge in [-0.2, -0.15) is 0 Å². The predicted molar refractivity (Wildman–Crippen MR) is 74.8 cm³/mol. The molecule has 0 unspecified atom stereocenters. The number of carboxylic acid groups (broad SMARTS) is 1. The average Bonchev–Trinajstić information content (AvgIpc) is 2.90. The van der Waals surface area contributed by atoms with Crippen LogP contribution in [0.1, 0.15) is 15.2 Å². The molecule has 1 heterocycles. The molecule has 98 valence electrons. The molecule has 0 atom stereocenters. The second-order valence-electron chi connectivity index (χ2n) is 4.08. The molecule has 0 aliphatic rings. The number of benzene rings is 1. The summed E-state index contributed by atoms with van der Waals surface area (Å²) in [6, 6.07) is 10.6. The minimum Gasteiger partial charge on any atom is -0.481 e. The van der Waals surface area contributed by atoms with Gasteiger partial charge in [0.05, 0.1) is 11.3 Å². The lowest BCUT2D eigenvalue weighted by Gasteiger charge is -2.17. The summed E-state index contributed by atoms with van der Waals surface area (Å²) in [6.45, 7) is 0. The molecular formula is C14H13NO3S. The van der Waals surface area contributed by atoms with Crippen LogP contribution in [0.3, 0.4) is 0 Å². The molecule has 1 aromatic carbocycles. The summed E-state index contributed by atoms with van der Waals surface area (Å²) in [7, 11) is 1.68. The van der Waals surface area contributed by atoms with Crippen molar-refractivity contribution in [1.29, 1.82) is 0 Å². The lowest BCUT2D eigenvalue weighted by atomic mass is 10.1. The first kappa shape index (κ1) is 13.3. The van der Waals surface area contributed by atoms with Crippen molar-refractivity contribution in [2.75, 3.05) is 11.9 Å². The van der Waals surface area contributed by atoms with E-state index in [0.717, 1.165) is 0 Å². The summed E-state index contributed by atoms with van der Waals surface area (Å²) in [4.78, 5) is 25.0. The SMILES string of the molecule is CN(C(=O)c1cccs1)c1cccc(CC(=O)O)c1. The van der Waals surface area contributed by atoms with E-state index in [0.29, 0.717) is 16.1 Å². The number of rotatable bonds is 4. The second-order valence-corrected chi connectivity index (χ2v) is 5.03. The molecule has 2 aromatic rings. The monoisotopic (exact) mass is 275 g/mol. The highest BCUT2D eigenvalue weighted by Crippen LogP contribution is 2.19. The van der Waals surface area contributed by atoms with E-state index in [2.05, 4.69) is 0 Å². The molecule has 0 aliphatic heterocycles. The van der Waals surface area contributed by atoms with Crippen LogP contribution in [-0.4, -0.2) is 24.0 Å². The standard InChI is InChI=1S/C14H13NO3S/c1-15(14(18)12-6-3-7-19-12)11-5-2-4-10(8-11)9-13(16)17/h2-8H,9H2,1H3,(H,16,17). The van der Waals surface area contributed by atoms with Gasteiger partial charge in [-0.1, -0.05) is 18.2 Å². The fraction of sp³-hybridized carbons (Fsp3) is 0.143. The number of thiophene rings is 1. The van der Waals surface area contributed by atoms with Gasteiger partial charge >= 0.3 is 5.97 Å². The molecule has 4 nitrogen and oxygen atoms in total. The highest BCUT2D eigenvalue weighted by atomic mass is 32.1. The normalized spacial score (nSPS) is 10.2. The molecule has 2 rings (SSSR count). The van der Waals surface area contributed by atoms with Gasteiger partial charge in [0.25, 0.3) is 5.91 Å². The number of carbonyl (C=O) groups excluding carboxylic acids is 1. The van der Waals surface area contributed by atoms with Gasteiger partial charge in [0, 0.05) is 12.7 Å². The first-order valence-corrected chi connectivity index (χ1v) is 6.58. The van der Waals surface area contributed by atoms with Crippen molar-refractivity contribution < 1.29 is 14.7 Å². The van der Waals surface area contributed by atoms with Crippen LogP contribution in [0.2, 0.25) is 0 Å². The Morgan fingerprint density at radius 3 is 2.68 bits per heavy atom. The molecule has 0 bridgehead atoms. The molecule has 19 heavy (non-hydrogen) atoms. The Labute approximate surface area is 114 Å². The first-order chi connectivity index (χ1) is 9.08. The lowest BCUT2D eigenvalue weighted by Crippen LogP contribution is -2.25. The average molecular weight is 275 g/mol. The number of nitrogens with zero attached hydrogens (tertiary/aromatic N) is 1. The molecule has 0 radical (unpaired) electrons. The van der Waals surface area contributed by atoms with Crippen molar-refractivity contribution in [2.45, 2.75) is 6.42 Å². The van der Waals surface area contributed by atoms with Crippen molar-refractivity contribution in [3.8, 4) is 0 Å². The quantitative estimate of drug-likeness (QED) is 0.933. The van der Waals surface area contributed by atoms with Gasteiger partial charge < -0.3 is 10.0 Å². The molecule has 0 saturated carbocycles. The smallest absolute Gasteiger partial charge is 0.307 e. The van der Waals surface area contributed by atoms with Crippen molar-refractivity contribution in [3.63, 3.8) is 0 Å². The topological polar surface area (TPSA) is 57.6 Å². The summed E-state index contributed by atoms with van der Waals surface area (Å²) < 4.78 is 0. The zero-order chi connectivity index (χ0) is 13.8. The Bertz CT molecular complexity index is 592. The van der Waals surface area contributed by atoms with Gasteiger partial charge in [0.2, 0.25) is 0 Å². The Kier molecular flexibility index (Phi) is 3.97. The van der Waals surface area contributed by atoms with Gasteiger partial charge in [-0.25, -0.2) is 0 Å². The van der Waals surface area contributed by atoms with Crippen LogP contribution in [0.5, 0.6) is 0 Å². The largest absolute Gasteiger partial charge is 0.481 e. The Morgan fingerprint density at radius 2 is 2.05 bits per heavy atom. The highest BCUT2D eigenvalue weighted by Gasteiger charge is 2.14. The third-order valence-corrected chi connectivity index (χ3v) is 3.55. The number of aliphatic carboxylic acids is 1. The molecule has 0 fully saturated rings. The van der Waals surface area contributed by atoms with Crippen LogP contribution in [0.25, 0.3) is 0 Å². The Hall–Kier alpha value is -2.14. The zero-order valence-corrected chi connectivity index (χ0v) is 11.2. The summed E-state index contributed by atoms with van der Waals surface area (Å²) >= 11 is 1.38. The van der Waals surface area contributed by atoms with Crippen LogP contribution in [0.15, 0.2) is 41.8 Å². The molecule has 1 amide bonds. The van der Waals surface area contributed by atoms with Gasteiger partial charge in [-0.15, -0.1) is 11.3 Å². The van der Waals surface area contributed by atoms with Crippen LogP contribution in [0.4, 0.5) is 5.69 Å². The minimum atomic E-state index is -0.885. The van der Waals surface area contributed by atoms with Gasteiger partial charge in [-0.3, -0.25) is 9.59 Å². The molecule has 0 saturated heterocycles. The molecule has 1 aromatic heterocycles. The summed E-state index contributed by atoms with van der Waals surface area (Å²) in [5.74, 6) is -0.980. The molecule has 0 aliphatic carbocycles. The zero-order valence-electron chi connectivity index (χ0n) is 10.4. The van der Waals surface area contributed by atoms with Crippen molar-refractivity contribution in [3.05, 3.63) is 52.2 Å². The Morgan fingerprint density at radius 1 is 1.26 bits per heavy atom. The van der Waals surface area contributed by atoms with E-state index in [-0.39, 0.29) is 12.3 Å². The number of anilines is 1. The van der Waals surface area contributed by atoms with E-state index in [4.69, 9.17) is 5.11 Å². The van der Waals surface area contributed by atoms with Crippen molar-refractivity contribution >= 4 is 28.9 Å². The summed E-state index contributed by atoms with van der Waals surface area (Å²) in [5.41, 5.74) is 1.37. The summed E-state index contributed by atoms with van der Waals surface area (Å²) in [6.07, 6.45) is -0.0468. The summed E-state index contributed by atoms with van der Waals surface area (Å²) in [5, 5.41) is 10.6.